The number of carbonyl (C=O) groups excluding carboxylic acids is 1. The SMILES string of the molecule is Cc1ccc([C@@H]2CC(C(=O)N3CCN(c4cc(C(F)(F)F)ccc4C)CC3)O2)cc1. The second-order valence-corrected chi connectivity index (χ2v) is 8.07. The molecule has 4 nitrogen and oxygen atoms in total. The zero-order valence-corrected chi connectivity index (χ0v) is 17.1. The lowest BCUT2D eigenvalue weighted by atomic mass is 9.96. The van der Waals surface area contributed by atoms with E-state index >= 15 is 0 Å². The molecule has 0 bridgehead atoms. The number of ether oxygens (including phenoxy) is 1. The Labute approximate surface area is 174 Å². The van der Waals surface area contributed by atoms with Crippen LogP contribution in [0, 0.1) is 13.8 Å². The van der Waals surface area contributed by atoms with E-state index in [1.807, 2.05) is 36.1 Å². The standard InChI is InChI=1S/C23H25F3N2O2/c1-15-3-6-17(7-4-15)20-14-21(30-20)22(29)28-11-9-27(10-12-28)19-13-18(23(24,25)26)8-5-16(19)2/h3-8,13,20-21H,9-12,14H2,1-2H3/t20-,21?/m0/s1. The highest BCUT2D eigenvalue weighted by Gasteiger charge is 2.39. The van der Waals surface area contributed by atoms with Crippen LogP contribution >= 0.6 is 0 Å². The van der Waals surface area contributed by atoms with E-state index < -0.39 is 17.8 Å². The molecule has 0 spiro atoms. The Morgan fingerprint density at radius 3 is 2.23 bits per heavy atom. The van der Waals surface area contributed by atoms with E-state index in [0.717, 1.165) is 17.2 Å². The number of hydrogen-bond donors (Lipinski definition) is 0. The maximum absolute atomic E-state index is 13.1. The van der Waals surface area contributed by atoms with Gasteiger partial charge >= 0.3 is 6.18 Å². The predicted octanol–water partition coefficient (Wildman–Crippen LogP) is 4.50. The van der Waals surface area contributed by atoms with Gasteiger partial charge in [-0.3, -0.25) is 4.79 Å². The third-order valence-electron chi connectivity index (χ3n) is 5.95. The molecule has 2 aromatic carbocycles. The second-order valence-electron chi connectivity index (χ2n) is 8.07. The highest BCUT2D eigenvalue weighted by Crippen LogP contribution is 2.37. The average molecular weight is 418 g/mol. The molecule has 4 rings (SSSR count). The van der Waals surface area contributed by atoms with Crippen molar-refractivity contribution in [3.05, 3.63) is 64.7 Å². The smallest absolute Gasteiger partial charge is 0.368 e. The summed E-state index contributed by atoms with van der Waals surface area (Å²) in [5, 5.41) is 0. The summed E-state index contributed by atoms with van der Waals surface area (Å²) in [6.07, 6.45) is -4.18. The molecule has 0 aliphatic carbocycles. The van der Waals surface area contributed by atoms with Crippen LogP contribution in [-0.4, -0.2) is 43.1 Å². The first-order chi connectivity index (χ1) is 14.2. The number of nitrogens with zero attached hydrogens (tertiary/aromatic N) is 2. The number of amides is 1. The normalized spacial score (nSPS) is 22.0. The zero-order valence-electron chi connectivity index (χ0n) is 17.1. The van der Waals surface area contributed by atoms with Crippen molar-refractivity contribution in [2.24, 2.45) is 0 Å². The first kappa shape index (κ1) is 20.7. The van der Waals surface area contributed by atoms with Gasteiger partial charge in [0.25, 0.3) is 5.91 Å². The topological polar surface area (TPSA) is 32.8 Å². The molecule has 2 fully saturated rings. The minimum absolute atomic E-state index is 0.0289. The van der Waals surface area contributed by atoms with E-state index in [2.05, 4.69) is 0 Å². The van der Waals surface area contributed by atoms with Gasteiger partial charge in [-0.2, -0.15) is 13.2 Å². The Bertz CT molecular complexity index is 913. The van der Waals surface area contributed by atoms with Gasteiger partial charge in [0.2, 0.25) is 0 Å². The summed E-state index contributed by atoms with van der Waals surface area (Å²) in [7, 11) is 0. The molecule has 1 amide bonds. The fraction of sp³-hybridized carbons (Fsp3) is 0.435. The quantitative estimate of drug-likeness (QED) is 0.736. The lowest BCUT2D eigenvalue weighted by Crippen LogP contribution is -2.54. The van der Waals surface area contributed by atoms with Crippen molar-refractivity contribution < 1.29 is 22.7 Å². The lowest BCUT2D eigenvalue weighted by molar-refractivity contribution is -0.174. The van der Waals surface area contributed by atoms with Gasteiger partial charge in [0.15, 0.2) is 0 Å². The predicted molar refractivity (Wildman–Crippen MR) is 108 cm³/mol. The zero-order chi connectivity index (χ0) is 21.5. The largest absolute Gasteiger partial charge is 0.416 e. The number of alkyl halides is 3. The first-order valence-electron chi connectivity index (χ1n) is 10.2. The molecule has 0 aromatic heterocycles. The first-order valence-corrected chi connectivity index (χ1v) is 10.2. The molecule has 0 N–H and O–H groups in total. The van der Waals surface area contributed by atoms with Crippen molar-refractivity contribution in [3.8, 4) is 0 Å². The number of benzene rings is 2. The van der Waals surface area contributed by atoms with Crippen molar-refractivity contribution in [3.63, 3.8) is 0 Å². The number of piperazine rings is 1. The van der Waals surface area contributed by atoms with E-state index in [4.69, 9.17) is 4.74 Å². The van der Waals surface area contributed by atoms with Crippen LogP contribution in [0.25, 0.3) is 0 Å². The van der Waals surface area contributed by atoms with Gasteiger partial charge in [0.05, 0.1) is 11.7 Å². The minimum atomic E-state index is -4.37. The van der Waals surface area contributed by atoms with Crippen molar-refractivity contribution >= 4 is 11.6 Å². The summed E-state index contributed by atoms with van der Waals surface area (Å²) >= 11 is 0. The number of carbonyl (C=O) groups is 1. The molecule has 30 heavy (non-hydrogen) atoms. The molecule has 0 saturated carbocycles. The Kier molecular flexibility index (Phi) is 5.49. The average Bonchev–Trinajstić information content (AvgIpc) is 2.68. The molecular formula is C23H25F3N2O2. The van der Waals surface area contributed by atoms with E-state index in [0.29, 0.717) is 38.3 Å². The van der Waals surface area contributed by atoms with Gasteiger partial charge in [-0.15, -0.1) is 0 Å². The molecule has 2 aromatic rings. The molecule has 7 heteroatoms. The summed E-state index contributed by atoms with van der Waals surface area (Å²) in [6.45, 7) is 5.79. The second kappa shape index (κ2) is 7.95. The molecule has 1 unspecified atom stereocenters. The molecule has 2 aliphatic rings. The fourth-order valence-electron chi connectivity index (χ4n) is 4.03. The third-order valence-corrected chi connectivity index (χ3v) is 5.95. The van der Waals surface area contributed by atoms with Crippen LogP contribution in [0.5, 0.6) is 0 Å². The van der Waals surface area contributed by atoms with Gasteiger partial charge in [-0.25, -0.2) is 0 Å². The number of aryl methyl sites for hydroxylation is 2. The maximum Gasteiger partial charge on any atom is 0.416 e. The Morgan fingerprint density at radius 2 is 1.63 bits per heavy atom. The minimum Gasteiger partial charge on any atom is -0.368 e. The van der Waals surface area contributed by atoms with Crippen LogP contribution in [0.15, 0.2) is 42.5 Å². The monoisotopic (exact) mass is 418 g/mol. The van der Waals surface area contributed by atoms with Crippen molar-refractivity contribution in [2.45, 2.75) is 38.7 Å². The van der Waals surface area contributed by atoms with Gasteiger partial charge in [-0.1, -0.05) is 35.9 Å². The molecule has 160 valence electrons. The Morgan fingerprint density at radius 1 is 1.00 bits per heavy atom. The summed E-state index contributed by atoms with van der Waals surface area (Å²) in [5.41, 5.74) is 2.99. The van der Waals surface area contributed by atoms with Crippen molar-refractivity contribution in [1.82, 2.24) is 4.90 Å². The van der Waals surface area contributed by atoms with E-state index in [1.54, 1.807) is 11.8 Å². The highest BCUT2D eigenvalue weighted by atomic mass is 19.4. The van der Waals surface area contributed by atoms with Crippen LogP contribution in [0.2, 0.25) is 0 Å². The van der Waals surface area contributed by atoms with Crippen LogP contribution in [-0.2, 0) is 15.7 Å². The number of anilines is 1. The van der Waals surface area contributed by atoms with Gasteiger partial charge in [0, 0.05) is 38.3 Å². The Balaban J connectivity index is 1.33. The van der Waals surface area contributed by atoms with Crippen molar-refractivity contribution in [1.29, 1.82) is 0 Å². The van der Waals surface area contributed by atoms with Gasteiger partial charge in [0.1, 0.15) is 6.10 Å². The molecular weight excluding hydrogens is 393 g/mol. The van der Waals surface area contributed by atoms with Crippen LogP contribution in [0.4, 0.5) is 18.9 Å². The lowest BCUT2D eigenvalue weighted by Gasteiger charge is -2.42. The van der Waals surface area contributed by atoms with E-state index in [-0.39, 0.29) is 12.0 Å². The fourth-order valence-corrected chi connectivity index (χ4v) is 4.03. The van der Waals surface area contributed by atoms with E-state index in [9.17, 15) is 18.0 Å². The number of hydrogen-bond acceptors (Lipinski definition) is 3. The maximum atomic E-state index is 13.1. The Hall–Kier alpha value is -2.54. The van der Waals surface area contributed by atoms with Gasteiger partial charge < -0.3 is 14.5 Å². The molecule has 2 heterocycles. The molecule has 2 saturated heterocycles. The summed E-state index contributed by atoms with van der Waals surface area (Å²) < 4.78 is 45.0. The summed E-state index contributed by atoms with van der Waals surface area (Å²) in [6, 6.07) is 11.9. The number of rotatable bonds is 3. The molecule has 2 aliphatic heterocycles. The molecule has 2 atom stereocenters. The van der Waals surface area contributed by atoms with Gasteiger partial charge in [-0.05, 0) is 37.1 Å². The highest BCUT2D eigenvalue weighted by molar-refractivity contribution is 5.82. The number of halogens is 3. The van der Waals surface area contributed by atoms with Crippen LogP contribution in [0.1, 0.15) is 34.8 Å². The molecule has 0 radical (unpaired) electrons. The van der Waals surface area contributed by atoms with Crippen LogP contribution in [0.3, 0.4) is 0 Å². The van der Waals surface area contributed by atoms with E-state index in [1.165, 1.54) is 17.7 Å². The van der Waals surface area contributed by atoms with Crippen LogP contribution < -0.4 is 4.90 Å². The summed E-state index contributed by atoms with van der Waals surface area (Å²) in [5.74, 6) is -0.0289. The third kappa shape index (κ3) is 4.17. The summed E-state index contributed by atoms with van der Waals surface area (Å²) in [4.78, 5) is 16.4. The van der Waals surface area contributed by atoms with Crippen molar-refractivity contribution in [2.75, 3.05) is 31.1 Å².